The summed E-state index contributed by atoms with van der Waals surface area (Å²) in [4.78, 5) is 0. The second-order valence-corrected chi connectivity index (χ2v) is 6.46. The van der Waals surface area contributed by atoms with Gasteiger partial charge in [0.1, 0.15) is 11.6 Å². The molecule has 0 N–H and O–H groups in total. The first-order chi connectivity index (χ1) is 10.6. The molecule has 2 unspecified atom stereocenters. The second-order valence-electron chi connectivity index (χ2n) is 6.46. The van der Waals surface area contributed by atoms with E-state index in [0.29, 0.717) is 0 Å². The maximum absolute atomic E-state index is 13.2. The van der Waals surface area contributed by atoms with E-state index in [1.807, 2.05) is 24.3 Å². The lowest BCUT2D eigenvalue weighted by Gasteiger charge is -2.41. The number of benzene rings is 2. The first kappa shape index (κ1) is 13.9. The number of hydrogen-bond donors (Lipinski definition) is 0. The molecular weight excluding hydrogens is 282 g/mol. The van der Waals surface area contributed by atoms with Gasteiger partial charge in [-0.3, -0.25) is 0 Å². The predicted octanol–water partition coefficient (Wildman–Crippen LogP) is 5.05. The summed E-state index contributed by atoms with van der Waals surface area (Å²) in [6.07, 6.45) is 4.84. The molecule has 2 aromatic carbocycles. The Balaban J connectivity index is 1.71. The van der Waals surface area contributed by atoms with Gasteiger partial charge in [-0.1, -0.05) is 24.3 Å². The third kappa shape index (κ3) is 2.07. The van der Waals surface area contributed by atoms with Crippen molar-refractivity contribution in [2.24, 2.45) is 0 Å². The van der Waals surface area contributed by atoms with Crippen LogP contribution >= 0.6 is 0 Å². The van der Waals surface area contributed by atoms with Gasteiger partial charge in [-0.25, -0.2) is 8.78 Å². The van der Waals surface area contributed by atoms with Crippen molar-refractivity contribution >= 4 is 0 Å². The van der Waals surface area contributed by atoms with Crippen LogP contribution < -0.4 is 0 Å². The van der Waals surface area contributed by atoms with Crippen molar-refractivity contribution in [1.29, 1.82) is 0 Å². The van der Waals surface area contributed by atoms with Crippen LogP contribution in [0.3, 0.4) is 0 Å². The van der Waals surface area contributed by atoms with E-state index in [2.05, 4.69) is 0 Å². The quantitative estimate of drug-likeness (QED) is 0.754. The van der Waals surface area contributed by atoms with Crippen LogP contribution in [-0.2, 0) is 15.9 Å². The highest BCUT2D eigenvalue weighted by atomic mass is 19.1. The smallest absolute Gasteiger partial charge is 0.123 e. The van der Waals surface area contributed by atoms with Crippen molar-refractivity contribution in [2.75, 3.05) is 0 Å². The summed E-state index contributed by atoms with van der Waals surface area (Å²) in [5.41, 5.74) is 1.47. The third-order valence-electron chi connectivity index (χ3n) is 5.23. The van der Waals surface area contributed by atoms with Crippen molar-refractivity contribution in [3.05, 3.63) is 71.3 Å². The maximum atomic E-state index is 13.2. The average molecular weight is 300 g/mol. The van der Waals surface area contributed by atoms with Gasteiger partial charge >= 0.3 is 0 Å². The Kier molecular flexibility index (Phi) is 3.08. The van der Waals surface area contributed by atoms with Crippen molar-refractivity contribution < 1.29 is 13.5 Å². The van der Waals surface area contributed by atoms with Crippen molar-refractivity contribution in [3.8, 4) is 0 Å². The molecule has 2 saturated heterocycles. The van der Waals surface area contributed by atoms with Gasteiger partial charge < -0.3 is 4.74 Å². The molecule has 0 radical (unpaired) electrons. The Morgan fingerprint density at radius 1 is 0.636 bits per heavy atom. The summed E-state index contributed by atoms with van der Waals surface area (Å²) >= 11 is 0. The predicted molar refractivity (Wildman–Crippen MR) is 80.3 cm³/mol. The van der Waals surface area contributed by atoms with Gasteiger partial charge in [0.15, 0.2) is 0 Å². The van der Waals surface area contributed by atoms with E-state index in [-0.39, 0.29) is 22.8 Å². The summed E-state index contributed by atoms with van der Waals surface area (Å²) < 4.78 is 33.0. The molecule has 2 aliphatic heterocycles. The minimum Gasteiger partial charge on any atom is -0.359 e. The molecule has 0 aromatic heterocycles. The molecule has 2 heterocycles. The number of fused-ring (bicyclic) bond motifs is 2. The van der Waals surface area contributed by atoms with Crippen LogP contribution in [0.2, 0.25) is 0 Å². The lowest BCUT2D eigenvalue weighted by Crippen LogP contribution is -2.36. The van der Waals surface area contributed by atoms with E-state index >= 15 is 0 Å². The lowest BCUT2D eigenvalue weighted by molar-refractivity contribution is -0.149. The van der Waals surface area contributed by atoms with E-state index in [9.17, 15) is 8.78 Å². The average Bonchev–Trinajstić information content (AvgIpc) is 2.81. The summed E-state index contributed by atoms with van der Waals surface area (Å²) in [7, 11) is 0. The summed E-state index contributed by atoms with van der Waals surface area (Å²) in [5.74, 6) is -0.447. The van der Waals surface area contributed by atoms with Gasteiger partial charge in [-0.2, -0.15) is 0 Å². The van der Waals surface area contributed by atoms with Gasteiger partial charge in [0, 0.05) is 0 Å². The Morgan fingerprint density at radius 2 is 1.05 bits per heavy atom. The molecule has 114 valence electrons. The van der Waals surface area contributed by atoms with E-state index in [1.54, 1.807) is 0 Å². The molecular formula is C19H18F2O. The fourth-order valence-electron chi connectivity index (χ4n) is 4.09. The molecule has 2 fully saturated rings. The van der Waals surface area contributed by atoms with Gasteiger partial charge in [0.2, 0.25) is 0 Å². The Hall–Kier alpha value is -1.74. The molecule has 3 heteroatoms. The minimum atomic E-state index is -0.319. The number of ether oxygens (including phenoxy) is 1. The normalized spacial score (nSPS) is 30.5. The monoisotopic (exact) mass is 300 g/mol. The van der Waals surface area contributed by atoms with E-state index in [0.717, 1.165) is 43.2 Å². The Morgan fingerprint density at radius 3 is 1.45 bits per heavy atom. The van der Waals surface area contributed by atoms with Crippen LogP contribution in [0.5, 0.6) is 0 Å². The fraction of sp³-hybridized carbons (Fsp3) is 0.368. The molecule has 0 aliphatic carbocycles. The van der Waals surface area contributed by atoms with Gasteiger partial charge in [0.05, 0.1) is 11.2 Å². The van der Waals surface area contributed by atoms with Gasteiger partial charge in [-0.15, -0.1) is 0 Å². The van der Waals surface area contributed by atoms with Crippen molar-refractivity contribution in [3.63, 3.8) is 0 Å². The first-order valence-electron chi connectivity index (χ1n) is 7.84. The molecule has 0 spiro atoms. The Bertz CT molecular complexity index is 620. The Labute approximate surface area is 128 Å². The van der Waals surface area contributed by atoms with Crippen molar-refractivity contribution in [2.45, 2.75) is 43.3 Å². The van der Waals surface area contributed by atoms with Gasteiger partial charge in [-0.05, 0) is 67.5 Å². The van der Waals surface area contributed by atoms with Crippen LogP contribution in [0.1, 0.15) is 43.2 Å². The van der Waals surface area contributed by atoms with E-state index in [4.69, 9.17) is 4.74 Å². The topological polar surface area (TPSA) is 9.23 Å². The number of rotatable bonds is 2. The van der Waals surface area contributed by atoms with Crippen LogP contribution in [0.4, 0.5) is 8.78 Å². The second kappa shape index (κ2) is 4.88. The fourth-order valence-corrected chi connectivity index (χ4v) is 4.09. The van der Waals surface area contributed by atoms with Crippen molar-refractivity contribution in [1.82, 2.24) is 0 Å². The minimum absolute atomic E-state index is 0.223. The number of halogens is 2. The van der Waals surface area contributed by atoms with E-state index in [1.165, 1.54) is 24.3 Å². The molecule has 0 amide bonds. The largest absolute Gasteiger partial charge is 0.359 e. The summed E-state index contributed by atoms with van der Waals surface area (Å²) in [6, 6.07) is 13.3. The summed E-state index contributed by atoms with van der Waals surface area (Å²) in [5, 5.41) is 0. The van der Waals surface area contributed by atoms with Crippen LogP contribution in [0.25, 0.3) is 0 Å². The molecule has 0 saturated carbocycles. The van der Waals surface area contributed by atoms with Crippen LogP contribution in [0.15, 0.2) is 48.5 Å². The lowest BCUT2D eigenvalue weighted by atomic mass is 9.85. The van der Waals surface area contributed by atoms with E-state index < -0.39 is 0 Å². The molecule has 2 atom stereocenters. The molecule has 1 nitrogen and oxygen atoms in total. The first-order valence-corrected chi connectivity index (χ1v) is 7.84. The highest BCUT2D eigenvalue weighted by Gasteiger charge is 2.53. The number of hydrogen-bond acceptors (Lipinski definition) is 1. The zero-order chi connectivity index (χ0) is 15.2. The summed E-state index contributed by atoms with van der Waals surface area (Å²) in [6.45, 7) is 0. The highest BCUT2D eigenvalue weighted by Crippen LogP contribution is 2.57. The molecule has 2 aromatic rings. The maximum Gasteiger partial charge on any atom is 0.123 e. The van der Waals surface area contributed by atoms with Crippen LogP contribution in [0, 0.1) is 11.6 Å². The molecule has 4 rings (SSSR count). The molecule has 22 heavy (non-hydrogen) atoms. The molecule has 2 bridgehead atoms. The van der Waals surface area contributed by atoms with Gasteiger partial charge in [0.25, 0.3) is 0 Å². The highest BCUT2D eigenvalue weighted by molar-refractivity contribution is 5.31. The zero-order valence-electron chi connectivity index (χ0n) is 12.3. The standard InChI is InChI=1S/C19H18F2O/c20-16-6-2-14(3-7-16)18-10-1-11-19(22-18,13-12-18)15-4-8-17(21)9-5-15/h2-9H,1,10-13H2. The third-order valence-corrected chi connectivity index (χ3v) is 5.23. The SMILES string of the molecule is Fc1ccc(C23CCCC(c4ccc(F)cc4)(CC2)O3)cc1. The zero-order valence-corrected chi connectivity index (χ0v) is 12.3. The molecule has 2 aliphatic rings. The van der Waals surface area contributed by atoms with Crippen LogP contribution in [-0.4, -0.2) is 0 Å².